The summed E-state index contributed by atoms with van der Waals surface area (Å²) in [6, 6.07) is 18.0. The van der Waals surface area contributed by atoms with Crippen molar-refractivity contribution in [1.82, 2.24) is 21.3 Å². The number of amides is 4. The lowest BCUT2D eigenvalue weighted by atomic mass is 9.90. The molecule has 0 aromatic heterocycles. The summed E-state index contributed by atoms with van der Waals surface area (Å²) >= 11 is 0. The lowest BCUT2D eigenvalue weighted by Crippen LogP contribution is -2.62. The van der Waals surface area contributed by atoms with Crippen LogP contribution in [0.25, 0.3) is 0 Å². The molecule has 0 heterocycles. The highest BCUT2D eigenvalue weighted by Crippen LogP contribution is 2.16. The van der Waals surface area contributed by atoms with E-state index in [4.69, 9.17) is 4.74 Å². The second kappa shape index (κ2) is 17.9. The highest BCUT2D eigenvalue weighted by Gasteiger charge is 2.37. The van der Waals surface area contributed by atoms with Gasteiger partial charge >= 0.3 is 6.09 Å². The average Bonchev–Trinajstić information content (AvgIpc) is 2.95. The molecule has 0 saturated carbocycles. The Hall–Kier alpha value is -3.88. The van der Waals surface area contributed by atoms with E-state index < -0.39 is 29.2 Å². The fourth-order valence-corrected chi connectivity index (χ4v) is 4.69. The molecular formula is C34H50N4O5. The predicted molar refractivity (Wildman–Crippen MR) is 169 cm³/mol. The van der Waals surface area contributed by atoms with Gasteiger partial charge in [0.25, 0.3) is 0 Å². The summed E-state index contributed by atoms with van der Waals surface area (Å²) in [5, 5.41) is 11.3. The zero-order valence-electron chi connectivity index (χ0n) is 26.5. The highest BCUT2D eigenvalue weighted by molar-refractivity contribution is 5.94. The minimum absolute atomic E-state index is 0.0698. The van der Waals surface area contributed by atoms with Crippen LogP contribution in [0.2, 0.25) is 0 Å². The monoisotopic (exact) mass is 594 g/mol. The van der Waals surface area contributed by atoms with Crippen LogP contribution < -0.4 is 21.3 Å². The predicted octanol–water partition coefficient (Wildman–Crippen LogP) is 4.83. The number of hydrogen-bond acceptors (Lipinski definition) is 5. The van der Waals surface area contributed by atoms with Gasteiger partial charge in [0.15, 0.2) is 0 Å². The normalized spacial score (nSPS) is 13.2. The van der Waals surface area contributed by atoms with E-state index in [1.54, 1.807) is 34.7 Å². The molecule has 4 amide bonds. The quantitative estimate of drug-likeness (QED) is 0.195. The second-order valence-corrected chi connectivity index (χ2v) is 12.2. The SMILES string of the molecule is CNC(=O)CCCCCCCCNC(=O)[C@@](C)(Cc1ccccc1)NC(=O)[C@H](Cc1ccccc1)NC(=O)OC(C)(C)C. The van der Waals surface area contributed by atoms with Crippen LogP contribution in [-0.4, -0.2) is 54.6 Å². The summed E-state index contributed by atoms with van der Waals surface area (Å²) in [4.78, 5) is 51.3. The standard InChI is InChI=1S/C34H50N4O5/c1-33(2,3)43-32(42)37-28(24-26-18-12-10-13-19-26)30(40)38-34(4,25-27-20-14-11-15-21-27)31(41)36-23-17-9-7-6-8-16-22-29(39)35-5/h10-15,18-21,28H,6-9,16-17,22-25H2,1-5H3,(H,35,39)(H,36,41)(H,37,42)(H,38,40)/t28-,34+/m0/s1. The summed E-state index contributed by atoms with van der Waals surface area (Å²) in [6.45, 7) is 7.47. The number of benzene rings is 2. The minimum atomic E-state index is -1.26. The Bertz CT molecular complexity index is 1150. The molecule has 0 aliphatic carbocycles. The number of rotatable bonds is 17. The van der Waals surface area contributed by atoms with E-state index in [0.29, 0.717) is 13.0 Å². The molecule has 236 valence electrons. The largest absolute Gasteiger partial charge is 0.444 e. The Balaban J connectivity index is 2.06. The van der Waals surface area contributed by atoms with Gasteiger partial charge in [-0.3, -0.25) is 14.4 Å². The van der Waals surface area contributed by atoms with E-state index in [-0.39, 0.29) is 24.7 Å². The molecule has 2 aromatic rings. The van der Waals surface area contributed by atoms with Crippen molar-refractivity contribution >= 4 is 23.8 Å². The molecule has 43 heavy (non-hydrogen) atoms. The Morgan fingerprint density at radius 3 is 1.91 bits per heavy atom. The van der Waals surface area contributed by atoms with E-state index in [9.17, 15) is 19.2 Å². The van der Waals surface area contributed by atoms with Crippen LogP contribution >= 0.6 is 0 Å². The van der Waals surface area contributed by atoms with Crippen molar-refractivity contribution in [3.05, 3.63) is 71.8 Å². The van der Waals surface area contributed by atoms with Gasteiger partial charge in [0.05, 0.1) is 0 Å². The third-order valence-corrected chi connectivity index (χ3v) is 6.99. The number of alkyl carbamates (subject to hydrolysis) is 1. The van der Waals surface area contributed by atoms with Gasteiger partial charge < -0.3 is 26.0 Å². The molecule has 0 unspecified atom stereocenters. The first-order valence-electron chi connectivity index (χ1n) is 15.3. The van der Waals surface area contributed by atoms with Gasteiger partial charge in [0, 0.05) is 32.9 Å². The number of carbonyl (C=O) groups excluding carboxylic acids is 4. The molecule has 9 nitrogen and oxygen atoms in total. The van der Waals surface area contributed by atoms with E-state index >= 15 is 0 Å². The molecule has 0 spiro atoms. The van der Waals surface area contributed by atoms with Crippen LogP contribution in [0.15, 0.2) is 60.7 Å². The maximum Gasteiger partial charge on any atom is 0.408 e. The van der Waals surface area contributed by atoms with Crippen molar-refractivity contribution in [2.75, 3.05) is 13.6 Å². The molecule has 0 radical (unpaired) electrons. The van der Waals surface area contributed by atoms with E-state index in [2.05, 4.69) is 21.3 Å². The molecular weight excluding hydrogens is 544 g/mol. The van der Waals surface area contributed by atoms with Crippen LogP contribution in [0.4, 0.5) is 4.79 Å². The summed E-state index contributed by atoms with van der Waals surface area (Å²) in [5.74, 6) is -0.688. The van der Waals surface area contributed by atoms with Crippen molar-refractivity contribution in [2.24, 2.45) is 0 Å². The Kier molecular flexibility index (Phi) is 14.7. The summed E-state index contributed by atoms with van der Waals surface area (Å²) in [6.07, 6.45) is 6.08. The van der Waals surface area contributed by atoms with Crippen molar-refractivity contribution < 1.29 is 23.9 Å². The van der Waals surface area contributed by atoms with E-state index in [0.717, 1.165) is 49.7 Å². The summed E-state index contributed by atoms with van der Waals surface area (Å²) in [5.41, 5.74) is -0.230. The maximum atomic E-state index is 13.7. The van der Waals surface area contributed by atoms with Crippen LogP contribution in [0.1, 0.15) is 83.8 Å². The fourth-order valence-electron chi connectivity index (χ4n) is 4.69. The van der Waals surface area contributed by atoms with Crippen molar-refractivity contribution in [1.29, 1.82) is 0 Å². The minimum Gasteiger partial charge on any atom is -0.444 e. The average molecular weight is 595 g/mol. The highest BCUT2D eigenvalue weighted by atomic mass is 16.6. The van der Waals surface area contributed by atoms with Gasteiger partial charge in [-0.25, -0.2) is 4.79 Å². The maximum absolute atomic E-state index is 13.7. The molecule has 0 aliphatic rings. The Labute approximate surface area is 256 Å². The van der Waals surface area contributed by atoms with Gasteiger partial charge in [-0.2, -0.15) is 0 Å². The van der Waals surface area contributed by atoms with Crippen LogP contribution in [0.5, 0.6) is 0 Å². The Morgan fingerprint density at radius 1 is 0.767 bits per heavy atom. The molecule has 2 rings (SSSR count). The lowest BCUT2D eigenvalue weighted by Gasteiger charge is -2.32. The molecule has 4 N–H and O–H groups in total. The zero-order chi connectivity index (χ0) is 31.7. The third kappa shape index (κ3) is 14.2. The zero-order valence-corrected chi connectivity index (χ0v) is 26.5. The van der Waals surface area contributed by atoms with Crippen molar-refractivity contribution in [3.63, 3.8) is 0 Å². The Morgan fingerprint density at radius 2 is 1.33 bits per heavy atom. The van der Waals surface area contributed by atoms with Crippen molar-refractivity contribution in [3.8, 4) is 0 Å². The molecule has 9 heteroatoms. The van der Waals surface area contributed by atoms with Crippen LogP contribution in [-0.2, 0) is 32.0 Å². The lowest BCUT2D eigenvalue weighted by molar-refractivity contribution is -0.133. The summed E-state index contributed by atoms with van der Waals surface area (Å²) < 4.78 is 5.42. The van der Waals surface area contributed by atoms with Crippen LogP contribution in [0.3, 0.4) is 0 Å². The van der Waals surface area contributed by atoms with Gasteiger partial charge in [0.2, 0.25) is 17.7 Å². The molecule has 0 saturated heterocycles. The topological polar surface area (TPSA) is 126 Å². The number of carbonyl (C=O) groups is 4. The number of ether oxygens (including phenoxy) is 1. The third-order valence-electron chi connectivity index (χ3n) is 6.99. The van der Waals surface area contributed by atoms with Gasteiger partial charge in [-0.15, -0.1) is 0 Å². The second-order valence-electron chi connectivity index (χ2n) is 12.2. The number of unbranched alkanes of at least 4 members (excludes halogenated alkanes) is 5. The molecule has 2 atom stereocenters. The first-order chi connectivity index (χ1) is 20.4. The number of nitrogens with one attached hydrogen (secondary N) is 4. The number of hydrogen-bond donors (Lipinski definition) is 4. The molecule has 0 bridgehead atoms. The molecule has 0 fully saturated rings. The smallest absolute Gasteiger partial charge is 0.408 e. The van der Waals surface area contributed by atoms with E-state index in [1.165, 1.54) is 0 Å². The first-order valence-corrected chi connectivity index (χ1v) is 15.3. The van der Waals surface area contributed by atoms with Gasteiger partial charge in [0.1, 0.15) is 17.2 Å². The first kappa shape index (κ1) is 35.3. The van der Waals surface area contributed by atoms with E-state index in [1.807, 2.05) is 60.7 Å². The van der Waals surface area contributed by atoms with Crippen molar-refractivity contribution in [2.45, 2.75) is 103 Å². The van der Waals surface area contributed by atoms with Crippen LogP contribution in [0, 0.1) is 0 Å². The van der Waals surface area contributed by atoms with Gasteiger partial charge in [-0.1, -0.05) is 86.3 Å². The summed E-state index contributed by atoms with van der Waals surface area (Å²) in [7, 11) is 1.65. The molecule has 0 aliphatic heterocycles. The van der Waals surface area contributed by atoms with Gasteiger partial charge in [-0.05, 0) is 51.7 Å². The molecule has 2 aromatic carbocycles. The fraction of sp³-hybridized carbons (Fsp3) is 0.529.